The summed E-state index contributed by atoms with van der Waals surface area (Å²) in [7, 11) is 0. The highest BCUT2D eigenvalue weighted by Crippen LogP contribution is 2.57. The van der Waals surface area contributed by atoms with Gasteiger partial charge < -0.3 is 9.47 Å². The average molecular weight is 307 g/mol. The normalized spacial score (nSPS) is 40.8. The van der Waals surface area contributed by atoms with Gasteiger partial charge in [-0.25, -0.2) is 0 Å². The van der Waals surface area contributed by atoms with E-state index in [1.165, 1.54) is 32.1 Å². The number of rotatable bonds is 5. The van der Waals surface area contributed by atoms with Crippen molar-refractivity contribution in [1.82, 2.24) is 4.90 Å². The van der Waals surface area contributed by atoms with E-state index in [9.17, 15) is 4.79 Å². The zero-order valence-corrected chi connectivity index (χ0v) is 13.5. The summed E-state index contributed by atoms with van der Waals surface area (Å²) < 4.78 is 10.9. The Morgan fingerprint density at radius 1 is 1.00 bits per heavy atom. The quantitative estimate of drug-likeness (QED) is 0.731. The van der Waals surface area contributed by atoms with E-state index >= 15 is 0 Å². The molecule has 0 atom stereocenters. The van der Waals surface area contributed by atoms with Crippen molar-refractivity contribution in [3.8, 4) is 0 Å². The van der Waals surface area contributed by atoms with Gasteiger partial charge in [0.15, 0.2) is 0 Å². The predicted molar refractivity (Wildman–Crippen MR) is 83.4 cm³/mol. The Kier molecular flexibility index (Phi) is 4.40. The molecule has 1 saturated heterocycles. The van der Waals surface area contributed by atoms with Crippen LogP contribution < -0.4 is 0 Å². The molecule has 1 heterocycles. The molecule has 0 spiro atoms. The maximum absolute atomic E-state index is 12.2. The van der Waals surface area contributed by atoms with E-state index < -0.39 is 0 Å². The van der Waals surface area contributed by atoms with Crippen molar-refractivity contribution in [2.45, 2.75) is 38.5 Å². The van der Waals surface area contributed by atoms with Crippen molar-refractivity contribution in [3.63, 3.8) is 0 Å². The number of hydrogen-bond acceptors (Lipinski definition) is 4. The molecular weight excluding hydrogens is 278 g/mol. The molecule has 5 aliphatic rings. The van der Waals surface area contributed by atoms with Crippen LogP contribution in [0.2, 0.25) is 0 Å². The van der Waals surface area contributed by atoms with Crippen LogP contribution in [0.5, 0.6) is 0 Å². The zero-order chi connectivity index (χ0) is 14.9. The van der Waals surface area contributed by atoms with Gasteiger partial charge in [0.1, 0.15) is 6.61 Å². The number of esters is 1. The monoisotopic (exact) mass is 307 g/mol. The maximum atomic E-state index is 12.2. The first-order valence-electron chi connectivity index (χ1n) is 9.23. The summed E-state index contributed by atoms with van der Waals surface area (Å²) in [5, 5.41) is 0. The van der Waals surface area contributed by atoms with E-state index in [1.54, 1.807) is 0 Å². The molecular formula is C18H29NO3. The van der Waals surface area contributed by atoms with Crippen molar-refractivity contribution in [1.29, 1.82) is 0 Å². The molecule has 124 valence electrons. The summed E-state index contributed by atoms with van der Waals surface area (Å²) in [5.41, 5.74) is 0. The second-order valence-corrected chi connectivity index (χ2v) is 7.97. The minimum atomic E-state index is 0.0470. The first kappa shape index (κ1) is 14.9. The van der Waals surface area contributed by atoms with Crippen LogP contribution in [-0.4, -0.2) is 50.3 Å². The Morgan fingerprint density at radius 2 is 1.64 bits per heavy atom. The summed E-state index contributed by atoms with van der Waals surface area (Å²) >= 11 is 0. The first-order valence-corrected chi connectivity index (χ1v) is 9.23. The van der Waals surface area contributed by atoms with Crippen molar-refractivity contribution < 1.29 is 14.3 Å². The molecule has 0 aromatic carbocycles. The number of carbonyl (C=O) groups is 1. The van der Waals surface area contributed by atoms with Crippen molar-refractivity contribution >= 4 is 5.97 Å². The van der Waals surface area contributed by atoms with E-state index in [0.29, 0.717) is 18.9 Å². The van der Waals surface area contributed by atoms with Crippen molar-refractivity contribution in [2.24, 2.45) is 29.6 Å². The van der Waals surface area contributed by atoms with E-state index in [2.05, 4.69) is 4.90 Å². The number of hydrogen-bond donors (Lipinski definition) is 0. The van der Waals surface area contributed by atoms with E-state index in [0.717, 1.165) is 56.5 Å². The highest BCUT2D eigenvalue weighted by molar-refractivity contribution is 5.69. The Hall–Kier alpha value is -0.610. The topological polar surface area (TPSA) is 38.8 Å². The van der Waals surface area contributed by atoms with Crippen LogP contribution in [0.4, 0.5) is 0 Å². The van der Waals surface area contributed by atoms with Crippen LogP contribution in [0.15, 0.2) is 0 Å². The highest BCUT2D eigenvalue weighted by Gasteiger charge is 2.48. The maximum Gasteiger partial charge on any atom is 0.306 e. The van der Waals surface area contributed by atoms with Crippen LogP contribution in [0.25, 0.3) is 0 Å². The number of ether oxygens (including phenoxy) is 2. The van der Waals surface area contributed by atoms with Crippen LogP contribution in [-0.2, 0) is 14.3 Å². The van der Waals surface area contributed by atoms with Gasteiger partial charge in [0.05, 0.1) is 13.2 Å². The summed E-state index contributed by atoms with van der Waals surface area (Å²) in [6.07, 6.45) is 7.70. The van der Waals surface area contributed by atoms with Crippen LogP contribution in [0.1, 0.15) is 38.5 Å². The third-order valence-electron chi connectivity index (χ3n) is 6.60. The third-order valence-corrected chi connectivity index (χ3v) is 6.60. The molecule has 0 N–H and O–H groups in total. The van der Waals surface area contributed by atoms with Gasteiger partial charge in [0.2, 0.25) is 0 Å². The van der Waals surface area contributed by atoms with Crippen molar-refractivity contribution in [2.75, 3.05) is 39.5 Å². The lowest BCUT2D eigenvalue weighted by Crippen LogP contribution is -2.45. The number of morpholine rings is 1. The van der Waals surface area contributed by atoms with Gasteiger partial charge in [-0.3, -0.25) is 9.69 Å². The molecule has 0 amide bonds. The van der Waals surface area contributed by atoms with Crippen molar-refractivity contribution in [3.05, 3.63) is 0 Å². The highest BCUT2D eigenvalue weighted by atomic mass is 16.5. The van der Waals surface area contributed by atoms with Gasteiger partial charge >= 0.3 is 5.97 Å². The molecule has 0 radical (unpaired) electrons. The second-order valence-electron chi connectivity index (χ2n) is 7.97. The SMILES string of the molecule is O=C(CC1C2CC3CC(C2)CC1C3)OCCN1CCOCC1. The fraction of sp³-hybridized carbons (Fsp3) is 0.944. The zero-order valence-electron chi connectivity index (χ0n) is 13.5. The van der Waals surface area contributed by atoms with Gasteiger partial charge in [-0.2, -0.15) is 0 Å². The summed E-state index contributed by atoms with van der Waals surface area (Å²) in [6.45, 7) is 4.95. The Bertz CT molecular complexity index is 377. The molecule has 4 saturated carbocycles. The summed E-state index contributed by atoms with van der Waals surface area (Å²) in [6, 6.07) is 0. The molecule has 4 heteroatoms. The van der Waals surface area contributed by atoms with E-state index in [1.807, 2.05) is 0 Å². The van der Waals surface area contributed by atoms with Crippen LogP contribution in [0, 0.1) is 29.6 Å². The minimum Gasteiger partial charge on any atom is -0.464 e. The fourth-order valence-corrected chi connectivity index (χ4v) is 5.74. The van der Waals surface area contributed by atoms with E-state index in [4.69, 9.17) is 9.47 Å². The Morgan fingerprint density at radius 3 is 2.27 bits per heavy atom. The molecule has 0 aromatic heterocycles. The molecule has 5 rings (SSSR count). The lowest BCUT2D eigenvalue weighted by molar-refractivity contribution is -0.149. The molecule has 4 nitrogen and oxygen atoms in total. The fourth-order valence-electron chi connectivity index (χ4n) is 5.74. The first-order chi connectivity index (χ1) is 10.8. The lowest BCUT2D eigenvalue weighted by atomic mass is 9.51. The molecule has 0 unspecified atom stereocenters. The third kappa shape index (κ3) is 3.18. The summed E-state index contributed by atoms with van der Waals surface area (Å²) in [4.78, 5) is 14.5. The molecule has 5 fully saturated rings. The summed E-state index contributed by atoms with van der Waals surface area (Å²) in [5.74, 6) is 4.28. The van der Waals surface area contributed by atoms with Crippen LogP contribution >= 0.6 is 0 Å². The van der Waals surface area contributed by atoms with Gasteiger partial charge in [-0.05, 0) is 61.7 Å². The largest absolute Gasteiger partial charge is 0.464 e. The Labute approximate surface area is 133 Å². The van der Waals surface area contributed by atoms with Crippen LogP contribution in [0.3, 0.4) is 0 Å². The number of carbonyl (C=O) groups excluding carboxylic acids is 1. The van der Waals surface area contributed by atoms with Gasteiger partial charge in [0.25, 0.3) is 0 Å². The number of nitrogens with zero attached hydrogens (tertiary/aromatic N) is 1. The standard InChI is InChI=1S/C18H29NO3/c20-18(22-6-3-19-1-4-21-5-2-19)12-17-15-8-13-7-14(10-15)11-16(17)9-13/h13-17H,1-12H2. The second kappa shape index (κ2) is 6.48. The smallest absolute Gasteiger partial charge is 0.306 e. The van der Waals surface area contributed by atoms with Gasteiger partial charge in [0, 0.05) is 26.1 Å². The minimum absolute atomic E-state index is 0.0470. The average Bonchev–Trinajstić information content (AvgIpc) is 2.51. The molecule has 4 bridgehead atoms. The molecule has 1 aliphatic heterocycles. The molecule has 22 heavy (non-hydrogen) atoms. The Balaban J connectivity index is 1.21. The predicted octanol–water partition coefficient (Wildman–Crippen LogP) is 2.32. The van der Waals surface area contributed by atoms with Gasteiger partial charge in [-0.15, -0.1) is 0 Å². The van der Waals surface area contributed by atoms with Gasteiger partial charge in [-0.1, -0.05) is 0 Å². The molecule has 0 aromatic rings. The molecule has 4 aliphatic carbocycles. The lowest BCUT2D eigenvalue weighted by Gasteiger charge is -2.54. The van der Waals surface area contributed by atoms with E-state index in [-0.39, 0.29) is 5.97 Å².